The van der Waals surface area contributed by atoms with E-state index in [1.807, 2.05) is 30.3 Å². The van der Waals surface area contributed by atoms with Gasteiger partial charge >= 0.3 is 5.97 Å². The van der Waals surface area contributed by atoms with Gasteiger partial charge in [0.2, 0.25) is 5.91 Å². The van der Waals surface area contributed by atoms with Crippen LogP contribution in [0.3, 0.4) is 0 Å². The lowest BCUT2D eigenvalue weighted by atomic mass is 9.77. The van der Waals surface area contributed by atoms with Crippen LogP contribution in [0.4, 0.5) is 5.82 Å². The number of anilines is 1. The van der Waals surface area contributed by atoms with Crippen molar-refractivity contribution in [2.24, 2.45) is 5.92 Å². The maximum Gasteiger partial charge on any atom is 0.309 e. The van der Waals surface area contributed by atoms with Crippen LogP contribution < -0.4 is 4.90 Å². The lowest BCUT2D eigenvalue weighted by Crippen LogP contribution is -2.56. The number of amides is 1. The number of para-hydroxylation sites is 1. The minimum Gasteiger partial charge on any atom is -0.481 e. The van der Waals surface area contributed by atoms with Crippen LogP contribution >= 0.6 is 11.6 Å². The van der Waals surface area contributed by atoms with Gasteiger partial charge in [-0.3, -0.25) is 9.59 Å². The molecule has 2 saturated heterocycles. The molecule has 1 N–H and O–H groups in total. The van der Waals surface area contributed by atoms with E-state index in [0.29, 0.717) is 31.0 Å². The van der Waals surface area contributed by atoms with Crippen LogP contribution in [0.15, 0.2) is 30.3 Å². The third kappa shape index (κ3) is 2.51. The van der Waals surface area contributed by atoms with Crippen molar-refractivity contribution >= 4 is 40.2 Å². The molecular formula is C19H20ClN3O3. The monoisotopic (exact) mass is 373 g/mol. The Labute approximate surface area is 156 Å². The van der Waals surface area contributed by atoms with E-state index in [0.717, 1.165) is 16.7 Å². The fraction of sp³-hybridized carbons (Fsp3) is 0.421. The summed E-state index contributed by atoms with van der Waals surface area (Å²) in [6.45, 7) is 1.31. The second-order valence-corrected chi connectivity index (χ2v) is 7.53. The zero-order valence-electron chi connectivity index (χ0n) is 14.5. The maximum atomic E-state index is 12.1. The van der Waals surface area contributed by atoms with Gasteiger partial charge in [0.1, 0.15) is 5.82 Å². The van der Waals surface area contributed by atoms with E-state index in [4.69, 9.17) is 16.6 Å². The van der Waals surface area contributed by atoms with Gasteiger partial charge in [-0.05, 0) is 31.0 Å². The molecule has 2 fully saturated rings. The highest BCUT2D eigenvalue weighted by Crippen LogP contribution is 2.43. The van der Waals surface area contributed by atoms with E-state index in [-0.39, 0.29) is 12.3 Å². The number of hydrogen-bond donors (Lipinski definition) is 1. The van der Waals surface area contributed by atoms with E-state index in [9.17, 15) is 14.7 Å². The molecule has 0 unspecified atom stereocenters. The van der Waals surface area contributed by atoms with Gasteiger partial charge in [0.15, 0.2) is 0 Å². The Bertz CT molecular complexity index is 893. The van der Waals surface area contributed by atoms with Crippen LogP contribution in [-0.2, 0) is 9.59 Å². The number of rotatable bonds is 2. The Morgan fingerprint density at radius 1 is 1.27 bits per heavy atom. The van der Waals surface area contributed by atoms with Crippen LogP contribution in [0.25, 0.3) is 10.9 Å². The average Bonchev–Trinajstić information content (AvgIpc) is 2.88. The number of aromatic nitrogens is 1. The average molecular weight is 374 g/mol. The lowest BCUT2D eigenvalue weighted by Gasteiger charge is -2.45. The summed E-state index contributed by atoms with van der Waals surface area (Å²) in [4.78, 5) is 32.3. The standard InChI is InChI=1S/C19H20ClN3O3/c1-22-16(24)11-13(18(25)26)19(22)7-9-23(10-8-19)15-6-5-12-3-2-4-14(20)17(12)21-15/h2-6,13H,7-11H2,1H3,(H,25,26)/t13-/m1/s1. The first-order chi connectivity index (χ1) is 12.4. The molecule has 6 nitrogen and oxygen atoms in total. The number of likely N-dealkylation sites (tertiary alicyclic amines) is 1. The molecule has 0 bridgehead atoms. The summed E-state index contributed by atoms with van der Waals surface area (Å²) in [5, 5.41) is 11.2. The summed E-state index contributed by atoms with van der Waals surface area (Å²) in [5.41, 5.74) is 0.178. The summed E-state index contributed by atoms with van der Waals surface area (Å²) >= 11 is 6.27. The van der Waals surface area contributed by atoms with Gasteiger partial charge in [0.05, 0.1) is 22.0 Å². The van der Waals surface area contributed by atoms with Crippen LogP contribution in [0, 0.1) is 5.92 Å². The molecule has 7 heteroatoms. The first-order valence-electron chi connectivity index (χ1n) is 8.72. The second kappa shape index (κ2) is 6.13. The van der Waals surface area contributed by atoms with Crippen molar-refractivity contribution in [2.75, 3.05) is 25.0 Å². The Morgan fingerprint density at radius 2 is 2.00 bits per heavy atom. The van der Waals surface area contributed by atoms with E-state index < -0.39 is 17.4 Å². The quantitative estimate of drug-likeness (QED) is 0.876. The molecule has 1 spiro atoms. The van der Waals surface area contributed by atoms with E-state index >= 15 is 0 Å². The molecule has 136 valence electrons. The summed E-state index contributed by atoms with van der Waals surface area (Å²) < 4.78 is 0. The number of carboxylic acid groups (broad SMARTS) is 1. The highest BCUT2D eigenvalue weighted by molar-refractivity contribution is 6.35. The second-order valence-electron chi connectivity index (χ2n) is 7.12. The maximum absolute atomic E-state index is 12.1. The number of carboxylic acids is 1. The van der Waals surface area contributed by atoms with Crippen molar-refractivity contribution in [1.29, 1.82) is 0 Å². The number of piperidine rings is 1. The number of carbonyl (C=O) groups is 2. The number of benzene rings is 1. The molecule has 4 rings (SSSR count). The topological polar surface area (TPSA) is 73.7 Å². The van der Waals surface area contributed by atoms with Crippen LogP contribution in [0.1, 0.15) is 19.3 Å². The fourth-order valence-electron chi connectivity index (χ4n) is 4.38. The third-order valence-corrected chi connectivity index (χ3v) is 6.28. The first kappa shape index (κ1) is 17.1. The van der Waals surface area contributed by atoms with Crippen LogP contribution in [0.2, 0.25) is 5.02 Å². The van der Waals surface area contributed by atoms with Crippen molar-refractivity contribution in [2.45, 2.75) is 24.8 Å². The van der Waals surface area contributed by atoms with Crippen molar-refractivity contribution < 1.29 is 14.7 Å². The molecule has 2 aliphatic heterocycles. The van der Waals surface area contributed by atoms with Gasteiger partial charge in [-0.1, -0.05) is 23.7 Å². The van der Waals surface area contributed by atoms with Gasteiger partial charge in [-0.25, -0.2) is 4.98 Å². The SMILES string of the molecule is CN1C(=O)C[C@H](C(=O)O)C12CCN(c1ccc3cccc(Cl)c3n1)CC2. The van der Waals surface area contributed by atoms with Gasteiger partial charge in [0, 0.05) is 31.9 Å². The van der Waals surface area contributed by atoms with Gasteiger partial charge < -0.3 is 14.9 Å². The predicted molar refractivity (Wildman–Crippen MR) is 99.4 cm³/mol. The Kier molecular flexibility index (Phi) is 4.03. The Hall–Kier alpha value is -2.34. The number of halogens is 1. The molecule has 0 aliphatic carbocycles. The van der Waals surface area contributed by atoms with Crippen molar-refractivity contribution in [3.05, 3.63) is 35.4 Å². The molecule has 1 amide bonds. The summed E-state index contributed by atoms with van der Waals surface area (Å²) in [6, 6.07) is 9.66. The smallest absolute Gasteiger partial charge is 0.309 e. The van der Waals surface area contributed by atoms with Crippen molar-refractivity contribution in [3.63, 3.8) is 0 Å². The van der Waals surface area contributed by atoms with Crippen molar-refractivity contribution in [1.82, 2.24) is 9.88 Å². The zero-order valence-corrected chi connectivity index (χ0v) is 15.2. The van der Waals surface area contributed by atoms with Gasteiger partial charge in [0.25, 0.3) is 0 Å². The van der Waals surface area contributed by atoms with E-state index in [1.54, 1.807) is 11.9 Å². The number of carbonyl (C=O) groups excluding carboxylic acids is 1. The summed E-state index contributed by atoms with van der Waals surface area (Å²) in [7, 11) is 1.73. The van der Waals surface area contributed by atoms with Crippen molar-refractivity contribution in [3.8, 4) is 0 Å². The Morgan fingerprint density at radius 3 is 2.69 bits per heavy atom. The molecule has 1 aromatic heterocycles. The highest BCUT2D eigenvalue weighted by Gasteiger charge is 2.55. The number of pyridine rings is 1. The molecular weight excluding hydrogens is 354 g/mol. The molecule has 1 atom stereocenters. The number of nitrogens with zero attached hydrogens (tertiary/aromatic N) is 3. The summed E-state index contributed by atoms with van der Waals surface area (Å²) in [5.74, 6) is -0.770. The van der Waals surface area contributed by atoms with Gasteiger partial charge in [-0.2, -0.15) is 0 Å². The lowest BCUT2D eigenvalue weighted by molar-refractivity contribution is -0.145. The van der Waals surface area contributed by atoms with E-state index in [2.05, 4.69) is 4.90 Å². The number of aliphatic carboxylic acids is 1. The summed E-state index contributed by atoms with van der Waals surface area (Å²) in [6.07, 6.45) is 1.33. The molecule has 1 aromatic carbocycles. The molecule has 0 radical (unpaired) electrons. The fourth-order valence-corrected chi connectivity index (χ4v) is 4.61. The third-order valence-electron chi connectivity index (χ3n) is 5.98. The molecule has 2 aromatic rings. The van der Waals surface area contributed by atoms with E-state index in [1.165, 1.54) is 0 Å². The molecule has 3 heterocycles. The number of hydrogen-bond acceptors (Lipinski definition) is 4. The number of fused-ring (bicyclic) bond motifs is 1. The van der Waals surface area contributed by atoms with Gasteiger partial charge in [-0.15, -0.1) is 0 Å². The molecule has 26 heavy (non-hydrogen) atoms. The first-order valence-corrected chi connectivity index (χ1v) is 9.10. The molecule has 2 aliphatic rings. The highest BCUT2D eigenvalue weighted by atomic mass is 35.5. The largest absolute Gasteiger partial charge is 0.481 e. The zero-order chi connectivity index (χ0) is 18.5. The minimum absolute atomic E-state index is 0.0820. The Balaban J connectivity index is 1.59. The van der Waals surface area contributed by atoms with Crippen LogP contribution in [-0.4, -0.2) is 52.5 Å². The predicted octanol–water partition coefficient (Wildman–Crippen LogP) is 2.79. The minimum atomic E-state index is -0.883. The van der Waals surface area contributed by atoms with Crippen LogP contribution in [0.5, 0.6) is 0 Å². The molecule has 0 saturated carbocycles. The normalized spacial score (nSPS) is 22.4.